The lowest BCUT2D eigenvalue weighted by Gasteiger charge is -2.15. The van der Waals surface area contributed by atoms with Crippen molar-refractivity contribution in [3.05, 3.63) is 83.9 Å². The first-order valence-electron chi connectivity index (χ1n) is 6.70. The van der Waals surface area contributed by atoms with Gasteiger partial charge in [0.2, 0.25) is 0 Å². The Morgan fingerprint density at radius 3 is 2.22 bits per heavy atom. The molecule has 3 atom stereocenters. The number of fused-ring (bicyclic) bond motifs is 1. The molecule has 0 amide bonds. The van der Waals surface area contributed by atoms with Crippen molar-refractivity contribution in [2.75, 3.05) is 0 Å². The lowest BCUT2D eigenvalue weighted by atomic mass is 9.88. The fraction of sp³-hybridized carbons (Fsp3) is 0.222. The normalized spacial score (nSPS) is 32.2. The Labute approximate surface area is 108 Å². The maximum Gasteiger partial charge on any atom is 0.0131 e. The van der Waals surface area contributed by atoms with Crippen LogP contribution in [-0.2, 0) is 5.41 Å². The highest BCUT2D eigenvalue weighted by molar-refractivity contribution is 5.51. The van der Waals surface area contributed by atoms with Crippen molar-refractivity contribution in [2.24, 2.45) is 5.92 Å². The first kappa shape index (κ1) is 10.1. The van der Waals surface area contributed by atoms with E-state index in [9.17, 15) is 0 Å². The van der Waals surface area contributed by atoms with Gasteiger partial charge in [0.1, 0.15) is 0 Å². The van der Waals surface area contributed by atoms with Gasteiger partial charge in [-0.2, -0.15) is 0 Å². The molecule has 18 heavy (non-hydrogen) atoms. The molecule has 2 aromatic carbocycles. The van der Waals surface area contributed by atoms with Crippen LogP contribution in [0.2, 0.25) is 0 Å². The lowest BCUT2D eigenvalue weighted by molar-refractivity contribution is 0.675. The predicted molar refractivity (Wildman–Crippen MR) is 74.6 cm³/mol. The standard InChI is InChI=1S/C18H16/c1-3-8-14(9-4-1)17-16-12-7-13-18(16,17)15-10-5-2-6-11-15/h1-12,16-17H,13H2/t16-,17-,18+/m1/s1. The summed E-state index contributed by atoms with van der Waals surface area (Å²) in [6.45, 7) is 0. The van der Waals surface area contributed by atoms with E-state index in [1.807, 2.05) is 0 Å². The van der Waals surface area contributed by atoms with E-state index in [-0.39, 0.29) is 0 Å². The first-order valence-corrected chi connectivity index (χ1v) is 6.70. The van der Waals surface area contributed by atoms with Crippen LogP contribution in [0.5, 0.6) is 0 Å². The molecule has 1 saturated carbocycles. The van der Waals surface area contributed by atoms with Crippen molar-refractivity contribution in [2.45, 2.75) is 17.8 Å². The van der Waals surface area contributed by atoms with Gasteiger partial charge in [-0.05, 0) is 23.5 Å². The van der Waals surface area contributed by atoms with Crippen LogP contribution in [0.1, 0.15) is 23.5 Å². The summed E-state index contributed by atoms with van der Waals surface area (Å²) in [7, 11) is 0. The molecule has 0 aliphatic heterocycles. The minimum Gasteiger partial charge on any atom is -0.0873 e. The fourth-order valence-corrected chi connectivity index (χ4v) is 3.83. The molecule has 0 heteroatoms. The van der Waals surface area contributed by atoms with Crippen LogP contribution in [0.4, 0.5) is 0 Å². The Morgan fingerprint density at radius 1 is 0.833 bits per heavy atom. The largest absolute Gasteiger partial charge is 0.0873 e. The zero-order valence-corrected chi connectivity index (χ0v) is 10.3. The number of hydrogen-bond acceptors (Lipinski definition) is 0. The molecule has 88 valence electrons. The Morgan fingerprint density at radius 2 is 1.50 bits per heavy atom. The summed E-state index contributed by atoms with van der Waals surface area (Å²) in [4.78, 5) is 0. The second-order valence-corrected chi connectivity index (χ2v) is 5.45. The molecule has 0 nitrogen and oxygen atoms in total. The van der Waals surface area contributed by atoms with Crippen molar-refractivity contribution in [1.82, 2.24) is 0 Å². The van der Waals surface area contributed by atoms with Gasteiger partial charge in [0.15, 0.2) is 0 Å². The molecule has 0 unspecified atom stereocenters. The van der Waals surface area contributed by atoms with Gasteiger partial charge in [-0.25, -0.2) is 0 Å². The van der Waals surface area contributed by atoms with E-state index in [1.165, 1.54) is 17.5 Å². The van der Waals surface area contributed by atoms with E-state index >= 15 is 0 Å². The van der Waals surface area contributed by atoms with E-state index < -0.39 is 0 Å². The van der Waals surface area contributed by atoms with Crippen molar-refractivity contribution in [1.29, 1.82) is 0 Å². The van der Waals surface area contributed by atoms with Gasteiger partial charge in [0.25, 0.3) is 0 Å². The zero-order chi connectivity index (χ0) is 12.0. The molecule has 2 aliphatic carbocycles. The maximum absolute atomic E-state index is 2.42. The van der Waals surface area contributed by atoms with Gasteiger partial charge in [-0.3, -0.25) is 0 Å². The molecular formula is C18H16. The van der Waals surface area contributed by atoms with Crippen molar-refractivity contribution in [3.63, 3.8) is 0 Å². The highest BCUT2D eigenvalue weighted by Gasteiger charge is 2.65. The molecule has 0 aromatic heterocycles. The highest BCUT2D eigenvalue weighted by Crippen LogP contribution is 2.70. The summed E-state index contributed by atoms with van der Waals surface area (Å²) in [6, 6.07) is 22.0. The predicted octanol–water partition coefficient (Wildman–Crippen LogP) is 4.30. The number of hydrogen-bond donors (Lipinski definition) is 0. The SMILES string of the molecule is C1=C[C@@H]2[C@@H](c3ccccc3)[C@]2(c2ccccc2)C1. The topological polar surface area (TPSA) is 0 Å². The van der Waals surface area contributed by atoms with Gasteiger partial charge >= 0.3 is 0 Å². The fourth-order valence-electron chi connectivity index (χ4n) is 3.83. The molecule has 0 N–H and O–H groups in total. The zero-order valence-electron chi connectivity index (χ0n) is 10.3. The summed E-state index contributed by atoms with van der Waals surface area (Å²) in [6.07, 6.45) is 5.98. The van der Waals surface area contributed by atoms with Crippen LogP contribution < -0.4 is 0 Å². The summed E-state index contributed by atoms with van der Waals surface area (Å²) in [5.74, 6) is 1.40. The molecule has 4 rings (SSSR count). The van der Waals surface area contributed by atoms with Crippen molar-refractivity contribution >= 4 is 0 Å². The van der Waals surface area contributed by atoms with Gasteiger partial charge in [-0.1, -0.05) is 72.8 Å². The molecular weight excluding hydrogens is 216 g/mol. The quantitative estimate of drug-likeness (QED) is 0.677. The molecule has 0 spiro atoms. The molecule has 0 heterocycles. The summed E-state index contributed by atoms with van der Waals surface area (Å²) >= 11 is 0. The Balaban J connectivity index is 1.78. The molecule has 0 bridgehead atoms. The second-order valence-electron chi connectivity index (χ2n) is 5.45. The number of allylic oxidation sites excluding steroid dienone is 2. The number of rotatable bonds is 2. The third-order valence-electron chi connectivity index (χ3n) is 4.67. The van der Waals surface area contributed by atoms with Gasteiger partial charge < -0.3 is 0 Å². The van der Waals surface area contributed by atoms with E-state index in [1.54, 1.807) is 0 Å². The van der Waals surface area contributed by atoms with Crippen molar-refractivity contribution in [3.8, 4) is 0 Å². The third-order valence-corrected chi connectivity index (χ3v) is 4.67. The molecule has 0 radical (unpaired) electrons. The minimum atomic E-state index is 0.364. The van der Waals surface area contributed by atoms with E-state index in [0.29, 0.717) is 17.3 Å². The smallest absolute Gasteiger partial charge is 0.0131 e. The van der Waals surface area contributed by atoms with Crippen LogP contribution >= 0.6 is 0 Å². The van der Waals surface area contributed by atoms with Gasteiger partial charge in [0.05, 0.1) is 0 Å². The monoisotopic (exact) mass is 232 g/mol. The van der Waals surface area contributed by atoms with Crippen LogP contribution in [-0.4, -0.2) is 0 Å². The summed E-state index contributed by atoms with van der Waals surface area (Å²) in [5.41, 5.74) is 3.37. The van der Waals surface area contributed by atoms with E-state index in [0.717, 1.165) is 0 Å². The third kappa shape index (κ3) is 1.21. The van der Waals surface area contributed by atoms with Gasteiger partial charge in [0, 0.05) is 11.3 Å². The number of benzene rings is 2. The Hall–Kier alpha value is -1.82. The molecule has 2 aromatic rings. The van der Waals surface area contributed by atoms with Crippen LogP contribution in [0, 0.1) is 5.92 Å². The van der Waals surface area contributed by atoms with Crippen LogP contribution in [0.25, 0.3) is 0 Å². The summed E-state index contributed by atoms with van der Waals surface area (Å²) < 4.78 is 0. The summed E-state index contributed by atoms with van der Waals surface area (Å²) in [5, 5.41) is 0. The Bertz CT molecular complexity index is 582. The molecule has 0 saturated heterocycles. The lowest BCUT2D eigenvalue weighted by Crippen LogP contribution is -2.08. The molecule has 1 fully saturated rings. The van der Waals surface area contributed by atoms with E-state index in [4.69, 9.17) is 0 Å². The Kier molecular flexibility index (Phi) is 2.02. The minimum absolute atomic E-state index is 0.364. The second kappa shape index (κ2) is 3.58. The average Bonchev–Trinajstić information content (AvgIpc) is 2.90. The van der Waals surface area contributed by atoms with Gasteiger partial charge in [-0.15, -0.1) is 0 Å². The van der Waals surface area contributed by atoms with Crippen molar-refractivity contribution < 1.29 is 0 Å². The maximum atomic E-state index is 2.42. The highest BCUT2D eigenvalue weighted by atomic mass is 14.7. The average molecular weight is 232 g/mol. The molecule has 2 aliphatic rings. The van der Waals surface area contributed by atoms with Crippen LogP contribution in [0.3, 0.4) is 0 Å². The van der Waals surface area contributed by atoms with E-state index in [2.05, 4.69) is 72.8 Å². The first-order chi connectivity index (χ1) is 8.93. The van der Waals surface area contributed by atoms with Crippen LogP contribution in [0.15, 0.2) is 72.8 Å².